The van der Waals surface area contributed by atoms with Gasteiger partial charge >= 0.3 is 117 Å². The summed E-state index contributed by atoms with van der Waals surface area (Å²) in [6, 6.07) is 2.45. The van der Waals surface area contributed by atoms with Gasteiger partial charge in [-0.2, -0.15) is 0 Å². The van der Waals surface area contributed by atoms with Crippen LogP contribution in [-0.2, 0) is 25.2 Å². The van der Waals surface area contributed by atoms with Crippen molar-refractivity contribution >= 4 is 15.5 Å². The molecule has 95 valence electrons. The first-order chi connectivity index (χ1) is 8.59. The summed E-state index contributed by atoms with van der Waals surface area (Å²) in [4.78, 5) is 11.9. The van der Waals surface area contributed by atoms with Gasteiger partial charge in [0.15, 0.2) is 0 Å². The van der Waals surface area contributed by atoms with Gasteiger partial charge in [0, 0.05) is 0 Å². The molecular weight excluding hydrogens is 272 g/mol. The number of nitrogens with one attached hydrogen (secondary N) is 1. The summed E-state index contributed by atoms with van der Waals surface area (Å²) >= 11 is 1.36. The van der Waals surface area contributed by atoms with Crippen molar-refractivity contribution in [3.63, 3.8) is 0 Å². The number of rotatable bonds is 2. The molecule has 1 aliphatic carbocycles. The van der Waals surface area contributed by atoms with Crippen molar-refractivity contribution in [1.29, 1.82) is 0 Å². The van der Waals surface area contributed by atoms with Crippen LogP contribution >= 0.6 is 0 Å². The Morgan fingerprint density at radius 1 is 1.22 bits per heavy atom. The summed E-state index contributed by atoms with van der Waals surface area (Å²) in [6.07, 6.45) is 4.96. The van der Waals surface area contributed by atoms with Crippen LogP contribution in [0, 0.1) is 17.6 Å². The molecule has 2 rings (SSSR count). The number of carbonyl (C=O) groups is 1. The first-order valence-corrected chi connectivity index (χ1v) is 6.88. The van der Waals surface area contributed by atoms with Crippen LogP contribution in [0.15, 0.2) is 12.1 Å². The second-order valence-electron chi connectivity index (χ2n) is 4.61. The molecule has 0 aromatic heterocycles. The van der Waals surface area contributed by atoms with E-state index in [0.29, 0.717) is 0 Å². The van der Waals surface area contributed by atoms with Gasteiger partial charge in [0.05, 0.1) is 0 Å². The third-order valence-electron chi connectivity index (χ3n) is 3.32. The van der Waals surface area contributed by atoms with Crippen molar-refractivity contribution in [3.8, 4) is 0 Å². The Balaban J connectivity index is 2.09. The second kappa shape index (κ2) is 5.94. The normalized spacial score (nSPS) is 16.5. The zero-order valence-electron chi connectivity index (χ0n) is 9.93. The summed E-state index contributed by atoms with van der Waals surface area (Å²) in [6.45, 7) is 0. The van der Waals surface area contributed by atoms with Crippen LogP contribution in [0.5, 0.6) is 0 Å². The van der Waals surface area contributed by atoms with Crippen LogP contribution < -0.4 is 9.18 Å². The van der Waals surface area contributed by atoms with Crippen LogP contribution in [0.4, 0.5) is 14.5 Å². The zero-order chi connectivity index (χ0) is 13.1. The monoisotopic (exact) mass is 286 g/mol. The number of hydrogen-bond acceptors (Lipinski definition) is 1. The molecule has 1 amide bonds. The molecule has 2 nitrogen and oxygen atoms in total. The number of amides is 1. The topological polar surface area (TPSA) is 29.1 Å². The Kier molecular flexibility index (Phi) is 4.52. The minimum absolute atomic E-state index is 0.0384. The summed E-state index contributed by atoms with van der Waals surface area (Å²) in [7, 11) is 0. The molecule has 1 aliphatic rings. The van der Waals surface area contributed by atoms with E-state index in [1.807, 2.05) is 0 Å². The molecule has 1 saturated carbocycles. The van der Waals surface area contributed by atoms with Crippen LogP contribution in [0.1, 0.15) is 32.1 Å². The summed E-state index contributed by atoms with van der Waals surface area (Å²) < 4.78 is 26.8. The minimum atomic E-state index is -0.681. The fourth-order valence-electron chi connectivity index (χ4n) is 2.25. The van der Waals surface area contributed by atoms with Gasteiger partial charge in [-0.25, -0.2) is 0 Å². The van der Waals surface area contributed by atoms with Crippen LogP contribution in [0.2, 0.25) is 0 Å². The van der Waals surface area contributed by atoms with Gasteiger partial charge in [-0.3, -0.25) is 0 Å². The van der Waals surface area contributed by atoms with Gasteiger partial charge in [-0.1, -0.05) is 0 Å². The Morgan fingerprint density at radius 2 is 1.89 bits per heavy atom. The predicted molar refractivity (Wildman–Crippen MR) is 61.2 cm³/mol. The Bertz CT molecular complexity index is 459. The molecule has 0 saturated heterocycles. The van der Waals surface area contributed by atoms with E-state index in [2.05, 4.69) is 5.32 Å². The van der Waals surface area contributed by atoms with Crippen molar-refractivity contribution < 1.29 is 34.0 Å². The Hall–Kier alpha value is -0.736. The molecular formula is C13H14F2NOTi. The average molecular weight is 286 g/mol. The van der Waals surface area contributed by atoms with Crippen LogP contribution in [-0.4, -0.2) is 5.91 Å². The molecule has 0 atom stereocenters. The first kappa shape index (κ1) is 13.7. The van der Waals surface area contributed by atoms with Crippen LogP contribution in [0.3, 0.4) is 0 Å². The average Bonchev–Trinajstić information content (AvgIpc) is 2.40. The second-order valence-corrected chi connectivity index (χ2v) is 5.39. The van der Waals surface area contributed by atoms with E-state index in [1.165, 1.54) is 32.6 Å². The SMILES string of the molecule is O=C(Nc1ccc(F)[c]([Ti])c1F)C1CCCCC1. The number of anilines is 1. The molecule has 0 aliphatic heterocycles. The summed E-state index contributed by atoms with van der Waals surface area (Å²) in [5.41, 5.74) is 0.0736. The van der Waals surface area contributed by atoms with E-state index >= 15 is 0 Å². The molecule has 1 aromatic rings. The van der Waals surface area contributed by atoms with Crippen molar-refractivity contribution in [3.05, 3.63) is 23.8 Å². The van der Waals surface area contributed by atoms with Crippen LogP contribution in [0.25, 0.3) is 0 Å². The van der Waals surface area contributed by atoms with Crippen molar-refractivity contribution in [1.82, 2.24) is 0 Å². The first-order valence-electron chi connectivity index (χ1n) is 6.10. The standard InChI is InChI=1S/C13H14F2NO.Ti/c14-10-6-7-12(11(15)8-10)16-13(17)9-4-2-1-3-5-9;/h6-7,9H,1-5H2,(H,16,17);. The number of hydrogen-bond donors (Lipinski definition) is 1. The predicted octanol–water partition coefficient (Wildman–Crippen LogP) is 2.66. The van der Waals surface area contributed by atoms with E-state index in [0.717, 1.165) is 32.1 Å². The van der Waals surface area contributed by atoms with E-state index in [9.17, 15) is 13.6 Å². The molecule has 1 N–H and O–H groups in total. The van der Waals surface area contributed by atoms with E-state index in [-0.39, 0.29) is 21.4 Å². The molecule has 0 spiro atoms. The van der Waals surface area contributed by atoms with Gasteiger partial charge in [0.2, 0.25) is 0 Å². The third kappa shape index (κ3) is 2.98. The fraction of sp³-hybridized carbons (Fsp3) is 0.462. The Morgan fingerprint density at radius 3 is 2.56 bits per heavy atom. The van der Waals surface area contributed by atoms with E-state index < -0.39 is 11.6 Å². The number of halogens is 2. The number of benzene rings is 1. The molecule has 0 bridgehead atoms. The molecule has 1 fully saturated rings. The maximum absolute atomic E-state index is 13.7. The molecule has 0 heterocycles. The summed E-state index contributed by atoms with van der Waals surface area (Å²) in [5, 5.41) is 2.57. The Labute approximate surface area is 117 Å². The molecule has 18 heavy (non-hydrogen) atoms. The van der Waals surface area contributed by atoms with Gasteiger partial charge in [0.1, 0.15) is 0 Å². The molecule has 0 unspecified atom stereocenters. The molecule has 0 radical (unpaired) electrons. The fourth-order valence-corrected chi connectivity index (χ4v) is 2.59. The van der Waals surface area contributed by atoms with Gasteiger partial charge in [-0.05, 0) is 0 Å². The van der Waals surface area contributed by atoms with Crippen molar-refractivity contribution in [2.24, 2.45) is 5.92 Å². The van der Waals surface area contributed by atoms with E-state index in [1.54, 1.807) is 0 Å². The van der Waals surface area contributed by atoms with Crippen molar-refractivity contribution in [2.75, 3.05) is 5.32 Å². The van der Waals surface area contributed by atoms with Gasteiger partial charge < -0.3 is 0 Å². The quantitative estimate of drug-likeness (QED) is 0.832. The van der Waals surface area contributed by atoms with E-state index in [4.69, 9.17) is 0 Å². The maximum atomic E-state index is 13.7. The molecule has 5 heteroatoms. The zero-order valence-corrected chi connectivity index (χ0v) is 11.5. The molecule has 1 aromatic carbocycles. The summed E-state index contributed by atoms with van der Waals surface area (Å²) in [5.74, 6) is -1.47. The van der Waals surface area contributed by atoms with Gasteiger partial charge in [0.25, 0.3) is 0 Å². The number of carbonyl (C=O) groups excluding carboxylic acids is 1. The van der Waals surface area contributed by atoms with Gasteiger partial charge in [-0.15, -0.1) is 0 Å². The third-order valence-corrected chi connectivity index (χ3v) is 4.04. The van der Waals surface area contributed by atoms with Crippen molar-refractivity contribution in [2.45, 2.75) is 32.1 Å².